The average molecular weight is 452 g/mol. The van der Waals surface area contributed by atoms with Crippen LogP contribution in [0.5, 0.6) is 0 Å². The Labute approximate surface area is 179 Å². The Hall–Kier alpha value is -3.17. The van der Waals surface area contributed by atoms with Crippen molar-refractivity contribution < 1.29 is 23.1 Å². The highest BCUT2D eigenvalue weighted by molar-refractivity contribution is 6.30. The maximum absolute atomic E-state index is 13.9. The lowest BCUT2D eigenvalue weighted by Crippen LogP contribution is -2.45. The second-order valence-corrected chi connectivity index (χ2v) is 7.14. The first-order chi connectivity index (χ1) is 14.7. The number of nitrogens with one attached hydrogen (secondary N) is 1. The van der Waals surface area contributed by atoms with E-state index in [4.69, 9.17) is 16.7 Å². The first kappa shape index (κ1) is 22.5. The molecule has 0 saturated carbocycles. The minimum atomic E-state index is -3.42. The normalized spacial score (nSPS) is 13.1. The summed E-state index contributed by atoms with van der Waals surface area (Å²) in [6.07, 6.45) is -8.92. The zero-order valence-electron chi connectivity index (χ0n) is 16.1. The number of hydrogen-bond acceptors (Lipinski definition) is 4. The van der Waals surface area contributed by atoms with E-state index in [9.17, 15) is 22.8 Å². The quantitative estimate of drug-likeness (QED) is 0.562. The summed E-state index contributed by atoms with van der Waals surface area (Å²) in [5, 5.41) is 15.5. The highest BCUT2D eigenvalue weighted by Crippen LogP contribution is 2.21. The summed E-state index contributed by atoms with van der Waals surface area (Å²) in [4.78, 5) is 25.5. The number of hydrogen-bond donors (Lipinski definition) is 2. The minimum Gasteiger partial charge on any atom is -0.382 e. The Kier molecular flexibility index (Phi) is 6.77. The fourth-order valence-corrected chi connectivity index (χ4v) is 2.90. The van der Waals surface area contributed by atoms with Gasteiger partial charge in [-0.25, -0.2) is 13.2 Å². The van der Waals surface area contributed by atoms with Crippen molar-refractivity contribution in [2.24, 2.45) is 0 Å². The number of benzene rings is 2. The predicted octanol–water partition coefficient (Wildman–Crippen LogP) is 3.51. The molecule has 1 amide bonds. The average Bonchev–Trinajstić information content (AvgIpc) is 2.73. The molecule has 0 fully saturated rings. The molecule has 2 atom stereocenters. The fourth-order valence-electron chi connectivity index (χ4n) is 2.77. The summed E-state index contributed by atoms with van der Waals surface area (Å²) in [6, 6.07) is 14.2. The van der Waals surface area contributed by atoms with Gasteiger partial charge in [-0.15, -0.1) is 0 Å². The van der Waals surface area contributed by atoms with Gasteiger partial charge in [0.2, 0.25) is 6.30 Å². The topological polar surface area (TPSA) is 84.2 Å². The number of rotatable bonds is 6. The van der Waals surface area contributed by atoms with Crippen molar-refractivity contribution in [3.8, 4) is 16.9 Å². The van der Waals surface area contributed by atoms with Gasteiger partial charge in [0.05, 0.1) is 11.4 Å². The highest BCUT2D eigenvalue weighted by Gasteiger charge is 2.30. The van der Waals surface area contributed by atoms with Crippen molar-refractivity contribution in [1.29, 1.82) is 0 Å². The molecular weight excluding hydrogens is 435 g/mol. The number of nitrogens with zero attached hydrogens (tertiary/aromatic N) is 2. The third-order valence-corrected chi connectivity index (χ3v) is 4.62. The smallest absolute Gasteiger partial charge is 0.284 e. The molecule has 0 radical (unpaired) electrons. The van der Waals surface area contributed by atoms with Crippen molar-refractivity contribution in [1.82, 2.24) is 15.1 Å². The molecular formula is C21H17ClF3N3O3. The molecule has 162 valence electrons. The van der Waals surface area contributed by atoms with Crippen molar-refractivity contribution >= 4 is 17.5 Å². The van der Waals surface area contributed by atoms with E-state index in [-0.39, 0.29) is 5.69 Å². The molecule has 0 aliphatic heterocycles. The van der Waals surface area contributed by atoms with Crippen LogP contribution in [0.3, 0.4) is 0 Å². The molecule has 0 saturated heterocycles. The maximum atomic E-state index is 13.9. The van der Waals surface area contributed by atoms with Crippen molar-refractivity contribution in [3.63, 3.8) is 0 Å². The number of aliphatic hydroxyl groups excluding tert-OH is 1. The largest absolute Gasteiger partial charge is 0.382 e. The molecule has 1 aromatic heterocycles. The highest BCUT2D eigenvalue weighted by atomic mass is 35.5. The minimum absolute atomic E-state index is 0.188. The number of halogens is 4. The molecule has 6 nitrogen and oxygen atoms in total. The monoisotopic (exact) mass is 451 g/mol. The van der Waals surface area contributed by atoms with Gasteiger partial charge < -0.3 is 10.4 Å². The van der Waals surface area contributed by atoms with E-state index in [2.05, 4.69) is 5.10 Å². The molecule has 1 unspecified atom stereocenters. The van der Waals surface area contributed by atoms with Crippen LogP contribution < -0.4 is 10.9 Å². The van der Waals surface area contributed by atoms with E-state index in [0.29, 0.717) is 16.3 Å². The standard InChI is InChI=1S/C21H17ClF3N3O3/c1-11-3-2-4-14(9-11)28-21(31)15(20(30)26-19(25)17(29)18(23)24)10-16(27-28)12-5-7-13(22)8-6-12/h2-10,17-19,29H,1H3,(H,26,30)/t17-,19?/m1/s1. The van der Waals surface area contributed by atoms with Crippen LogP contribution in [-0.4, -0.2) is 39.6 Å². The zero-order valence-corrected chi connectivity index (χ0v) is 16.9. The van der Waals surface area contributed by atoms with E-state index >= 15 is 0 Å². The first-order valence-electron chi connectivity index (χ1n) is 9.06. The van der Waals surface area contributed by atoms with Gasteiger partial charge in [-0.2, -0.15) is 9.78 Å². The van der Waals surface area contributed by atoms with E-state index in [1.165, 1.54) is 0 Å². The Balaban J connectivity index is 2.12. The number of aryl methyl sites for hydroxylation is 1. The maximum Gasteiger partial charge on any atom is 0.284 e. The fraction of sp³-hybridized carbons (Fsp3) is 0.190. The zero-order chi connectivity index (χ0) is 22.7. The third kappa shape index (κ3) is 5.12. The van der Waals surface area contributed by atoms with Crippen LogP contribution in [0.25, 0.3) is 16.9 Å². The SMILES string of the molecule is Cc1cccc(-n2nc(-c3ccc(Cl)cc3)cc(C(=O)NC(F)[C@H](O)C(F)F)c2=O)c1. The van der Waals surface area contributed by atoms with Crippen LogP contribution in [0, 0.1) is 6.92 Å². The molecule has 10 heteroatoms. The van der Waals surface area contributed by atoms with Gasteiger partial charge >= 0.3 is 0 Å². The van der Waals surface area contributed by atoms with Crippen LogP contribution in [0.2, 0.25) is 5.02 Å². The molecule has 2 aromatic carbocycles. The van der Waals surface area contributed by atoms with Crippen molar-refractivity contribution in [2.75, 3.05) is 0 Å². The second kappa shape index (κ2) is 9.32. The summed E-state index contributed by atoms with van der Waals surface area (Å²) in [5.74, 6) is -1.27. The Bertz CT molecular complexity index is 1150. The molecule has 1 heterocycles. The lowest BCUT2D eigenvalue weighted by atomic mass is 10.1. The number of amides is 1. The van der Waals surface area contributed by atoms with Gasteiger partial charge in [0.15, 0.2) is 6.10 Å². The number of carbonyl (C=O) groups excluding carboxylic acids is 1. The number of carbonyl (C=O) groups is 1. The van der Waals surface area contributed by atoms with Gasteiger partial charge in [-0.05, 0) is 42.8 Å². The van der Waals surface area contributed by atoms with Crippen LogP contribution in [-0.2, 0) is 0 Å². The summed E-state index contributed by atoms with van der Waals surface area (Å²) in [7, 11) is 0. The van der Waals surface area contributed by atoms with E-state index in [0.717, 1.165) is 16.3 Å². The Morgan fingerprint density at radius 1 is 1.13 bits per heavy atom. The molecule has 0 aliphatic rings. The van der Waals surface area contributed by atoms with Gasteiger partial charge in [-0.1, -0.05) is 35.9 Å². The molecule has 2 N–H and O–H groups in total. The van der Waals surface area contributed by atoms with E-state index < -0.39 is 35.9 Å². The summed E-state index contributed by atoms with van der Waals surface area (Å²) < 4.78 is 39.9. The van der Waals surface area contributed by atoms with Gasteiger partial charge in [0.25, 0.3) is 17.9 Å². The number of alkyl halides is 3. The van der Waals surface area contributed by atoms with Gasteiger partial charge in [-0.3, -0.25) is 9.59 Å². The van der Waals surface area contributed by atoms with Crippen LogP contribution in [0.15, 0.2) is 59.4 Å². The lowest BCUT2D eigenvalue weighted by molar-refractivity contribution is -0.0551. The number of aliphatic hydroxyl groups is 1. The molecule has 3 rings (SSSR count). The summed E-state index contributed by atoms with van der Waals surface area (Å²) in [6.45, 7) is 1.80. The van der Waals surface area contributed by atoms with Crippen LogP contribution in [0.1, 0.15) is 15.9 Å². The third-order valence-electron chi connectivity index (χ3n) is 4.37. The first-order valence-corrected chi connectivity index (χ1v) is 9.43. The summed E-state index contributed by atoms with van der Waals surface area (Å²) >= 11 is 5.90. The molecule has 0 aliphatic carbocycles. The molecule has 3 aromatic rings. The summed E-state index contributed by atoms with van der Waals surface area (Å²) in [5.41, 5.74) is 0.430. The van der Waals surface area contributed by atoms with E-state index in [1.807, 2.05) is 0 Å². The van der Waals surface area contributed by atoms with Crippen molar-refractivity contribution in [2.45, 2.75) is 25.7 Å². The Morgan fingerprint density at radius 2 is 1.81 bits per heavy atom. The van der Waals surface area contributed by atoms with Crippen LogP contribution in [0.4, 0.5) is 13.2 Å². The molecule has 0 spiro atoms. The predicted molar refractivity (Wildman–Crippen MR) is 109 cm³/mol. The van der Waals surface area contributed by atoms with E-state index in [1.54, 1.807) is 60.8 Å². The molecule has 0 bridgehead atoms. The van der Waals surface area contributed by atoms with Gasteiger partial charge in [0, 0.05) is 10.6 Å². The van der Waals surface area contributed by atoms with Crippen molar-refractivity contribution in [3.05, 3.63) is 81.1 Å². The molecule has 31 heavy (non-hydrogen) atoms. The second-order valence-electron chi connectivity index (χ2n) is 6.71. The Morgan fingerprint density at radius 3 is 2.42 bits per heavy atom. The van der Waals surface area contributed by atoms with Crippen LogP contribution >= 0.6 is 11.6 Å². The van der Waals surface area contributed by atoms with Gasteiger partial charge in [0.1, 0.15) is 5.56 Å². The number of aromatic nitrogens is 2. The lowest BCUT2D eigenvalue weighted by Gasteiger charge is -2.17.